The first kappa shape index (κ1) is 22.3. The van der Waals surface area contributed by atoms with Crippen LogP contribution in [0.2, 0.25) is 0 Å². The predicted molar refractivity (Wildman–Crippen MR) is 122 cm³/mol. The number of likely N-dealkylation sites (tertiary alicyclic amines) is 1. The second kappa shape index (κ2) is 10.1. The topological polar surface area (TPSA) is 43.8 Å². The molecule has 0 aliphatic carbocycles. The Morgan fingerprint density at radius 1 is 1.07 bits per heavy atom. The fraction of sp³-hybridized carbons (Fsp3) is 0.423. The molecule has 1 saturated heterocycles. The average molecular weight is 407 g/mol. The third-order valence-corrected chi connectivity index (χ3v) is 6.40. The SMILES string of the molecule is C=CCN1CCC(C(O)(c2ccccc2)c2ccc(C(=O)N(CC)CC)cc2)CC1. The van der Waals surface area contributed by atoms with E-state index in [-0.39, 0.29) is 11.8 Å². The van der Waals surface area contributed by atoms with Crippen LogP contribution in [0.4, 0.5) is 0 Å². The fourth-order valence-electron chi connectivity index (χ4n) is 4.61. The molecule has 1 atom stereocenters. The Labute approximate surface area is 180 Å². The molecule has 1 heterocycles. The van der Waals surface area contributed by atoms with E-state index in [1.807, 2.05) is 79.4 Å². The maximum absolute atomic E-state index is 12.7. The Morgan fingerprint density at radius 2 is 1.63 bits per heavy atom. The Morgan fingerprint density at radius 3 is 2.17 bits per heavy atom. The lowest BCUT2D eigenvalue weighted by atomic mass is 9.72. The van der Waals surface area contributed by atoms with Gasteiger partial charge in [0.15, 0.2) is 0 Å². The van der Waals surface area contributed by atoms with Crippen molar-refractivity contribution in [2.24, 2.45) is 5.92 Å². The molecule has 160 valence electrons. The highest BCUT2D eigenvalue weighted by Gasteiger charge is 2.41. The number of aliphatic hydroxyl groups is 1. The van der Waals surface area contributed by atoms with Gasteiger partial charge in [0, 0.05) is 25.2 Å². The van der Waals surface area contributed by atoms with Crippen LogP contribution in [0.1, 0.15) is 48.2 Å². The molecule has 30 heavy (non-hydrogen) atoms. The summed E-state index contributed by atoms with van der Waals surface area (Å²) in [5.41, 5.74) is 1.36. The summed E-state index contributed by atoms with van der Waals surface area (Å²) in [5.74, 6) is 0.151. The molecular formula is C26H34N2O2. The predicted octanol–water partition coefficient (Wildman–Crippen LogP) is 4.30. The smallest absolute Gasteiger partial charge is 0.253 e. The van der Waals surface area contributed by atoms with E-state index in [1.165, 1.54) is 0 Å². The normalized spacial score (nSPS) is 17.3. The van der Waals surface area contributed by atoms with Gasteiger partial charge in [-0.3, -0.25) is 9.69 Å². The van der Waals surface area contributed by atoms with Gasteiger partial charge in [-0.25, -0.2) is 0 Å². The van der Waals surface area contributed by atoms with Gasteiger partial charge in [-0.1, -0.05) is 48.5 Å². The summed E-state index contributed by atoms with van der Waals surface area (Å²) in [6.45, 7) is 12.0. The first-order chi connectivity index (χ1) is 14.5. The second-order valence-electron chi connectivity index (χ2n) is 8.05. The zero-order valence-corrected chi connectivity index (χ0v) is 18.3. The van der Waals surface area contributed by atoms with Gasteiger partial charge >= 0.3 is 0 Å². The quantitative estimate of drug-likeness (QED) is 0.665. The van der Waals surface area contributed by atoms with Crippen molar-refractivity contribution in [2.75, 3.05) is 32.7 Å². The maximum Gasteiger partial charge on any atom is 0.253 e. The molecule has 3 rings (SSSR count). The third-order valence-electron chi connectivity index (χ3n) is 6.40. The summed E-state index contributed by atoms with van der Waals surface area (Å²) >= 11 is 0. The lowest BCUT2D eigenvalue weighted by Gasteiger charge is -2.42. The van der Waals surface area contributed by atoms with Crippen molar-refractivity contribution in [2.45, 2.75) is 32.3 Å². The number of benzene rings is 2. The van der Waals surface area contributed by atoms with Crippen LogP contribution in [-0.2, 0) is 5.60 Å². The van der Waals surface area contributed by atoms with Crippen LogP contribution >= 0.6 is 0 Å². The van der Waals surface area contributed by atoms with Crippen molar-refractivity contribution in [1.82, 2.24) is 9.80 Å². The summed E-state index contributed by atoms with van der Waals surface area (Å²) in [7, 11) is 0. The molecule has 0 bridgehead atoms. The van der Waals surface area contributed by atoms with E-state index in [4.69, 9.17) is 0 Å². The van der Waals surface area contributed by atoms with Crippen LogP contribution in [0, 0.1) is 5.92 Å². The van der Waals surface area contributed by atoms with Gasteiger partial charge in [-0.15, -0.1) is 6.58 Å². The van der Waals surface area contributed by atoms with Crippen molar-refractivity contribution >= 4 is 5.91 Å². The highest BCUT2D eigenvalue weighted by atomic mass is 16.3. The number of carbonyl (C=O) groups is 1. The van der Waals surface area contributed by atoms with Gasteiger partial charge in [-0.05, 0) is 69.0 Å². The number of hydrogen-bond donors (Lipinski definition) is 1. The van der Waals surface area contributed by atoms with Crippen LogP contribution in [0.25, 0.3) is 0 Å². The minimum Gasteiger partial charge on any atom is -0.380 e. The molecule has 0 aromatic heterocycles. The number of rotatable bonds is 8. The van der Waals surface area contributed by atoms with Crippen molar-refractivity contribution in [3.63, 3.8) is 0 Å². The highest BCUT2D eigenvalue weighted by molar-refractivity contribution is 5.94. The van der Waals surface area contributed by atoms with Crippen LogP contribution in [0.15, 0.2) is 67.3 Å². The lowest BCUT2D eigenvalue weighted by Crippen LogP contribution is -2.44. The number of amides is 1. The van der Waals surface area contributed by atoms with E-state index < -0.39 is 5.60 Å². The van der Waals surface area contributed by atoms with Crippen LogP contribution < -0.4 is 0 Å². The number of carbonyl (C=O) groups excluding carboxylic acids is 1. The van der Waals surface area contributed by atoms with Gasteiger partial charge in [0.1, 0.15) is 5.60 Å². The monoisotopic (exact) mass is 406 g/mol. The zero-order chi connectivity index (χ0) is 21.6. The van der Waals surface area contributed by atoms with Gasteiger partial charge in [0.05, 0.1) is 0 Å². The van der Waals surface area contributed by atoms with Gasteiger partial charge in [0.25, 0.3) is 5.91 Å². The Bertz CT molecular complexity index is 822. The summed E-state index contributed by atoms with van der Waals surface area (Å²) in [4.78, 5) is 16.9. The fourth-order valence-corrected chi connectivity index (χ4v) is 4.61. The Hall–Kier alpha value is -2.43. The standard InChI is InChI=1S/C26H34N2O2/c1-4-18-27-19-16-24(17-20-27)26(30,22-10-8-7-9-11-22)23-14-12-21(13-15-23)25(29)28(5-2)6-3/h4,7-15,24,30H,1,5-6,16-20H2,2-3H3. The number of piperidine rings is 1. The molecule has 1 N–H and O–H groups in total. The van der Waals surface area contributed by atoms with Crippen molar-refractivity contribution in [1.29, 1.82) is 0 Å². The summed E-state index contributed by atoms with van der Waals surface area (Å²) in [6.07, 6.45) is 3.77. The van der Waals surface area contributed by atoms with Crippen molar-refractivity contribution < 1.29 is 9.90 Å². The summed E-state index contributed by atoms with van der Waals surface area (Å²) in [5, 5.41) is 12.1. The molecule has 1 unspecified atom stereocenters. The molecule has 2 aromatic carbocycles. The molecule has 0 radical (unpaired) electrons. The summed E-state index contributed by atoms with van der Waals surface area (Å²) < 4.78 is 0. The van der Waals surface area contributed by atoms with E-state index in [0.717, 1.165) is 43.6 Å². The van der Waals surface area contributed by atoms with Crippen LogP contribution in [0.5, 0.6) is 0 Å². The molecule has 1 aliphatic heterocycles. The van der Waals surface area contributed by atoms with Crippen molar-refractivity contribution in [3.05, 3.63) is 83.9 Å². The average Bonchev–Trinajstić information content (AvgIpc) is 2.80. The number of nitrogens with zero attached hydrogens (tertiary/aromatic N) is 2. The number of hydrogen-bond acceptors (Lipinski definition) is 3. The maximum atomic E-state index is 12.7. The van der Waals surface area contributed by atoms with Gasteiger partial charge < -0.3 is 10.0 Å². The molecule has 0 spiro atoms. The molecule has 0 saturated carbocycles. The lowest BCUT2D eigenvalue weighted by molar-refractivity contribution is -0.0127. The highest BCUT2D eigenvalue weighted by Crippen LogP contribution is 2.42. The van der Waals surface area contributed by atoms with Crippen LogP contribution in [0.3, 0.4) is 0 Å². The Balaban J connectivity index is 1.92. The first-order valence-electron chi connectivity index (χ1n) is 11.1. The van der Waals surface area contributed by atoms with Crippen LogP contribution in [-0.4, -0.2) is 53.5 Å². The molecule has 4 heteroatoms. The second-order valence-corrected chi connectivity index (χ2v) is 8.05. The van der Waals surface area contributed by atoms with E-state index in [0.29, 0.717) is 18.7 Å². The van der Waals surface area contributed by atoms with E-state index in [1.54, 1.807) is 0 Å². The van der Waals surface area contributed by atoms with E-state index >= 15 is 0 Å². The van der Waals surface area contributed by atoms with E-state index in [9.17, 15) is 9.90 Å². The zero-order valence-electron chi connectivity index (χ0n) is 18.3. The Kier molecular flexibility index (Phi) is 7.46. The summed E-state index contributed by atoms with van der Waals surface area (Å²) in [6, 6.07) is 17.5. The molecule has 1 fully saturated rings. The third kappa shape index (κ3) is 4.50. The van der Waals surface area contributed by atoms with Gasteiger partial charge in [0.2, 0.25) is 0 Å². The molecule has 4 nitrogen and oxygen atoms in total. The molecule has 2 aromatic rings. The first-order valence-corrected chi connectivity index (χ1v) is 11.1. The van der Waals surface area contributed by atoms with Crippen molar-refractivity contribution in [3.8, 4) is 0 Å². The largest absolute Gasteiger partial charge is 0.380 e. The van der Waals surface area contributed by atoms with E-state index in [2.05, 4.69) is 11.5 Å². The van der Waals surface area contributed by atoms with Gasteiger partial charge in [-0.2, -0.15) is 0 Å². The molecule has 1 aliphatic rings. The molecule has 1 amide bonds. The minimum atomic E-state index is -1.07. The molecular weight excluding hydrogens is 372 g/mol. The minimum absolute atomic E-state index is 0.0348.